The first-order valence-electron chi connectivity index (χ1n) is 5.04. The summed E-state index contributed by atoms with van der Waals surface area (Å²) in [4.78, 5) is 13.5. The fourth-order valence-electron chi connectivity index (χ4n) is 1.73. The lowest BCUT2D eigenvalue weighted by atomic mass is 10.2. The van der Waals surface area contributed by atoms with Crippen LogP contribution in [0.25, 0.3) is 0 Å². The number of amides is 1. The Balaban J connectivity index is 2.27. The molecule has 4 nitrogen and oxygen atoms in total. The van der Waals surface area contributed by atoms with E-state index in [4.69, 9.17) is 4.74 Å². The summed E-state index contributed by atoms with van der Waals surface area (Å²) in [6.07, 6.45) is 0. The number of nitrogens with zero attached hydrogens (tertiary/aromatic N) is 1. The van der Waals surface area contributed by atoms with Crippen molar-refractivity contribution in [3.05, 3.63) is 22.7 Å². The van der Waals surface area contributed by atoms with Crippen molar-refractivity contribution in [2.45, 2.75) is 0 Å². The highest BCUT2D eigenvalue weighted by molar-refractivity contribution is 9.10. The van der Waals surface area contributed by atoms with Gasteiger partial charge >= 0.3 is 0 Å². The molecule has 1 aliphatic rings. The monoisotopic (exact) mass is 284 g/mol. The first kappa shape index (κ1) is 11.4. The smallest absolute Gasteiger partial charge is 0.243 e. The Morgan fingerprint density at radius 1 is 1.56 bits per heavy atom. The zero-order valence-corrected chi connectivity index (χ0v) is 10.6. The molecule has 0 spiro atoms. The van der Waals surface area contributed by atoms with Gasteiger partial charge < -0.3 is 15.0 Å². The van der Waals surface area contributed by atoms with Gasteiger partial charge in [-0.2, -0.15) is 0 Å². The van der Waals surface area contributed by atoms with Gasteiger partial charge in [0.25, 0.3) is 0 Å². The van der Waals surface area contributed by atoms with E-state index in [1.54, 1.807) is 7.11 Å². The van der Waals surface area contributed by atoms with Gasteiger partial charge in [-0.3, -0.25) is 4.79 Å². The van der Waals surface area contributed by atoms with Gasteiger partial charge in [-0.1, -0.05) is 15.9 Å². The number of methoxy groups -OCH3 is 1. The number of anilines is 2. The largest absolute Gasteiger partial charge is 0.383 e. The van der Waals surface area contributed by atoms with Gasteiger partial charge in [-0.05, 0) is 18.2 Å². The maximum absolute atomic E-state index is 11.5. The second kappa shape index (κ2) is 4.84. The van der Waals surface area contributed by atoms with E-state index >= 15 is 0 Å². The number of fused-ring (bicyclic) bond motifs is 1. The average Bonchev–Trinajstić information content (AvgIpc) is 2.25. The molecule has 16 heavy (non-hydrogen) atoms. The highest BCUT2D eigenvalue weighted by Gasteiger charge is 2.21. The molecule has 0 aromatic heterocycles. The van der Waals surface area contributed by atoms with Crippen LogP contribution in [0.4, 0.5) is 11.4 Å². The molecule has 0 bridgehead atoms. The number of hydrogen-bond donors (Lipinski definition) is 1. The molecule has 1 heterocycles. The van der Waals surface area contributed by atoms with Crippen LogP contribution in [-0.2, 0) is 9.53 Å². The SMILES string of the molecule is COCCN1CC(=O)Nc2cc(Br)ccc21. The molecule has 0 atom stereocenters. The molecule has 0 saturated heterocycles. The second-order valence-corrected chi connectivity index (χ2v) is 4.54. The number of halogens is 1. The van der Waals surface area contributed by atoms with Crippen LogP contribution < -0.4 is 10.2 Å². The lowest BCUT2D eigenvalue weighted by Crippen LogP contribution is -2.39. The minimum Gasteiger partial charge on any atom is -0.383 e. The van der Waals surface area contributed by atoms with Gasteiger partial charge in [-0.15, -0.1) is 0 Å². The average molecular weight is 285 g/mol. The second-order valence-electron chi connectivity index (χ2n) is 3.62. The van der Waals surface area contributed by atoms with Crippen LogP contribution >= 0.6 is 15.9 Å². The zero-order chi connectivity index (χ0) is 11.5. The normalized spacial score (nSPS) is 14.6. The number of carbonyl (C=O) groups is 1. The third kappa shape index (κ3) is 2.36. The molecule has 0 radical (unpaired) electrons. The summed E-state index contributed by atoms with van der Waals surface area (Å²) in [6.45, 7) is 1.72. The Morgan fingerprint density at radius 3 is 3.12 bits per heavy atom. The summed E-state index contributed by atoms with van der Waals surface area (Å²) in [5.41, 5.74) is 1.89. The Morgan fingerprint density at radius 2 is 2.38 bits per heavy atom. The molecule has 1 aliphatic heterocycles. The van der Waals surface area contributed by atoms with Crippen molar-refractivity contribution in [2.75, 3.05) is 37.0 Å². The number of rotatable bonds is 3. The molecular formula is C11H13BrN2O2. The van der Waals surface area contributed by atoms with Crippen molar-refractivity contribution in [1.29, 1.82) is 0 Å². The Bertz CT molecular complexity index is 409. The van der Waals surface area contributed by atoms with Crippen LogP contribution in [0, 0.1) is 0 Å². The molecule has 0 unspecified atom stereocenters. The highest BCUT2D eigenvalue weighted by Crippen LogP contribution is 2.31. The van der Waals surface area contributed by atoms with Gasteiger partial charge in [0.15, 0.2) is 0 Å². The van der Waals surface area contributed by atoms with Gasteiger partial charge in [0.1, 0.15) is 0 Å². The standard InChI is InChI=1S/C11H13BrN2O2/c1-16-5-4-14-7-11(15)13-9-6-8(12)2-3-10(9)14/h2-3,6H,4-5,7H2,1H3,(H,13,15). The summed E-state index contributed by atoms with van der Waals surface area (Å²) in [5, 5.41) is 2.86. The summed E-state index contributed by atoms with van der Waals surface area (Å²) in [5.74, 6) is 0.0155. The van der Waals surface area contributed by atoms with Crippen LogP contribution in [0.1, 0.15) is 0 Å². The van der Waals surface area contributed by atoms with E-state index in [1.807, 2.05) is 23.1 Å². The Labute approximate surface area is 103 Å². The van der Waals surface area contributed by atoms with Crippen LogP contribution in [0.3, 0.4) is 0 Å². The van der Waals surface area contributed by atoms with Gasteiger partial charge in [0.2, 0.25) is 5.91 Å². The predicted octanol–water partition coefficient (Wildman–Crippen LogP) is 1.85. The third-order valence-electron chi connectivity index (χ3n) is 2.47. The minimum atomic E-state index is 0.0155. The van der Waals surface area contributed by atoms with Crippen molar-refractivity contribution in [2.24, 2.45) is 0 Å². The number of ether oxygens (including phenoxy) is 1. The first-order valence-corrected chi connectivity index (χ1v) is 5.83. The quantitative estimate of drug-likeness (QED) is 0.921. The van der Waals surface area contributed by atoms with Crippen molar-refractivity contribution in [3.8, 4) is 0 Å². The van der Waals surface area contributed by atoms with E-state index < -0.39 is 0 Å². The molecule has 86 valence electrons. The van der Waals surface area contributed by atoms with Gasteiger partial charge in [0, 0.05) is 18.1 Å². The molecule has 1 N–H and O–H groups in total. The van der Waals surface area contributed by atoms with E-state index in [1.165, 1.54) is 0 Å². The van der Waals surface area contributed by atoms with Gasteiger partial charge in [-0.25, -0.2) is 0 Å². The minimum absolute atomic E-state index is 0.0155. The summed E-state index contributed by atoms with van der Waals surface area (Å²) >= 11 is 3.39. The maximum Gasteiger partial charge on any atom is 0.243 e. The predicted molar refractivity (Wildman–Crippen MR) is 66.9 cm³/mol. The Kier molecular flexibility index (Phi) is 3.46. The summed E-state index contributed by atoms with van der Waals surface area (Å²) in [6, 6.07) is 5.87. The molecule has 1 aromatic rings. The van der Waals surface area contributed by atoms with E-state index in [9.17, 15) is 4.79 Å². The first-order chi connectivity index (χ1) is 7.70. The molecule has 0 saturated carbocycles. The zero-order valence-electron chi connectivity index (χ0n) is 9.00. The third-order valence-corrected chi connectivity index (χ3v) is 2.97. The summed E-state index contributed by atoms with van der Waals surface area (Å²) in [7, 11) is 1.66. The fraction of sp³-hybridized carbons (Fsp3) is 0.364. The lowest BCUT2D eigenvalue weighted by molar-refractivity contribution is -0.115. The molecule has 1 aromatic carbocycles. The van der Waals surface area contributed by atoms with E-state index in [0.717, 1.165) is 22.4 Å². The molecule has 5 heteroatoms. The maximum atomic E-state index is 11.5. The number of carbonyl (C=O) groups excluding carboxylic acids is 1. The van der Waals surface area contributed by atoms with Crippen molar-refractivity contribution < 1.29 is 9.53 Å². The van der Waals surface area contributed by atoms with E-state index in [-0.39, 0.29) is 5.91 Å². The van der Waals surface area contributed by atoms with Crippen LogP contribution in [-0.4, -0.2) is 32.7 Å². The number of nitrogens with one attached hydrogen (secondary N) is 1. The van der Waals surface area contributed by atoms with Crippen molar-refractivity contribution in [3.63, 3.8) is 0 Å². The summed E-state index contributed by atoms with van der Waals surface area (Å²) < 4.78 is 5.99. The molecule has 1 amide bonds. The number of hydrogen-bond acceptors (Lipinski definition) is 3. The van der Waals surface area contributed by atoms with E-state index in [0.29, 0.717) is 13.2 Å². The highest BCUT2D eigenvalue weighted by atomic mass is 79.9. The molecule has 0 fully saturated rings. The molecule has 0 aliphatic carbocycles. The molecular weight excluding hydrogens is 272 g/mol. The van der Waals surface area contributed by atoms with Crippen LogP contribution in [0.5, 0.6) is 0 Å². The molecule has 2 rings (SSSR count). The topological polar surface area (TPSA) is 41.6 Å². The fourth-order valence-corrected chi connectivity index (χ4v) is 2.09. The van der Waals surface area contributed by atoms with Crippen molar-refractivity contribution in [1.82, 2.24) is 0 Å². The van der Waals surface area contributed by atoms with Crippen LogP contribution in [0.2, 0.25) is 0 Å². The Hall–Kier alpha value is -1.07. The number of benzene rings is 1. The lowest BCUT2D eigenvalue weighted by Gasteiger charge is -2.30. The van der Waals surface area contributed by atoms with E-state index in [2.05, 4.69) is 21.2 Å². The van der Waals surface area contributed by atoms with Crippen LogP contribution in [0.15, 0.2) is 22.7 Å². The van der Waals surface area contributed by atoms with Gasteiger partial charge in [0.05, 0.1) is 24.5 Å². The van der Waals surface area contributed by atoms with Crippen molar-refractivity contribution >= 4 is 33.2 Å².